The number of nitro groups is 1. The molecule has 0 atom stereocenters. The van der Waals surface area contributed by atoms with Gasteiger partial charge in [0.1, 0.15) is 5.69 Å². The number of amides is 1. The number of fused-ring (bicyclic) bond motifs is 1. The highest BCUT2D eigenvalue weighted by atomic mass is 16.6. The lowest BCUT2D eigenvalue weighted by Gasteiger charge is -2.28. The first kappa shape index (κ1) is 15.2. The lowest BCUT2D eigenvalue weighted by atomic mass is 10.00. The van der Waals surface area contributed by atoms with Crippen molar-refractivity contribution in [3.8, 4) is 0 Å². The Balaban J connectivity index is 1.64. The summed E-state index contributed by atoms with van der Waals surface area (Å²) in [6, 6.07) is 14.4. The maximum absolute atomic E-state index is 12.2. The Kier molecular flexibility index (Phi) is 4.34. The summed E-state index contributed by atoms with van der Waals surface area (Å²) < 4.78 is 0. The van der Waals surface area contributed by atoms with Crippen molar-refractivity contribution in [3.63, 3.8) is 0 Å². The molecule has 0 spiro atoms. The van der Waals surface area contributed by atoms with Crippen LogP contribution in [-0.4, -0.2) is 28.8 Å². The van der Waals surface area contributed by atoms with Crippen LogP contribution in [0.5, 0.6) is 0 Å². The summed E-state index contributed by atoms with van der Waals surface area (Å²) in [5.41, 5.74) is 2.70. The fraction of sp³-hybridized carbons (Fsp3) is 0.235. The molecule has 0 saturated heterocycles. The van der Waals surface area contributed by atoms with Gasteiger partial charge in [0, 0.05) is 19.2 Å². The number of nitro benzene ring substituents is 1. The van der Waals surface area contributed by atoms with E-state index in [1.165, 1.54) is 17.2 Å². The summed E-state index contributed by atoms with van der Waals surface area (Å²) in [6.45, 7) is 1.75. The fourth-order valence-electron chi connectivity index (χ4n) is 2.82. The lowest BCUT2D eigenvalue weighted by molar-refractivity contribution is -0.383. The third kappa shape index (κ3) is 3.54. The van der Waals surface area contributed by atoms with Crippen LogP contribution in [-0.2, 0) is 17.8 Å². The predicted octanol–water partition coefficient (Wildman–Crippen LogP) is 2.59. The Hall–Kier alpha value is -2.73. The van der Waals surface area contributed by atoms with Gasteiger partial charge in [-0.2, -0.15) is 0 Å². The number of nitrogens with one attached hydrogen (secondary N) is 1. The average Bonchev–Trinajstić information content (AvgIpc) is 2.55. The Bertz CT molecular complexity index is 745. The van der Waals surface area contributed by atoms with E-state index in [0.29, 0.717) is 0 Å². The van der Waals surface area contributed by atoms with Crippen LogP contribution in [0.2, 0.25) is 0 Å². The molecule has 1 N–H and O–H groups in total. The number of rotatable bonds is 4. The minimum atomic E-state index is -0.493. The molecule has 1 aliphatic heterocycles. The molecule has 0 aromatic heterocycles. The van der Waals surface area contributed by atoms with Crippen molar-refractivity contribution in [1.82, 2.24) is 4.90 Å². The molecule has 3 rings (SSSR count). The maximum Gasteiger partial charge on any atom is 0.292 e. The van der Waals surface area contributed by atoms with Gasteiger partial charge in [-0.25, -0.2) is 0 Å². The second-order valence-electron chi connectivity index (χ2n) is 5.55. The number of carbonyl (C=O) groups is 1. The molecular formula is C17H17N3O3. The molecule has 2 aromatic rings. The summed E-state index contributed by atoms with van der Waals surface area (Å²) in [6.07, 6.45) is 0.912. The quantitative estimate of drug-likeness (QED) is 0.695. The minimum absolute atomic E-state index is 0.0927. The van der Waals surface area contributed by atoms with Gasteiger partial charge in [-0.15, -0.1) is 0 Å². The summed E-state index contributed by atoms with van der Waals surface area (Å²) in [5.74, 6) is -0.237. The number of benzene rings is 2. The lowest BCUT2D eigenvalue weighted by Crippen LogP contribution is -2.37. The van der Waals surface area contributed by atoms with E-state index in [1.807, 2.05) is 17.0 Å². The minimum Gasteiger partial charge on any atom is -0.319 e. The van der Waals surface area contributed by atoms with Crippen molar-refractivity contribution in [2.24, 2.45) is 0 Å². The van der Waals surface area contributed by atoms with Crippen molar-refractivity contribution < 1.29 is 9.72 Å². The Morgan fingerprint density at radius 2 is 1.83 bits per heavy atom. The van der Waals surface area contributed by atoms with Gasteiger partial charge >= 0.3 is 0 Å². The first-order valence-corrected chi connectivity index (χ1v) is 7.46. The number of para-hydroxylation sites is 2. The third-order valence-corrected chi connectivity index (χ3v) is 3.95. The molecule has 1 heterocycles. The molecule has 0 bridgehead atoms. The largest absolute Gasteiger partial charge is 0.319 e. The maximum atomic E-state index is 12.2. The molecule has 0 unspecified atom stereocenters. The second-order valence-corrected chi connectivity index (χ2v) is 5.55. The molecule has 0 radical (unpaired) electrons. The first-order valence-electron chi connectivity index (χ1n) is 7.46. The summed E-state index contributed by atoms with van der Waals surface area (Å²) in [7, 11) is 0. The zero-order valence-corrected chi connectivity index (χ0v) is 12.6. The zero-order valence-electron chi connectivity index (χ0n) is 12.6. The molecule has 1 amide bonds. The molecule has 2 aromatic carbocycles. The normalized spacial score (nSPS) is 14.1. The van der Waals surface area contributed by atoms with E-state index in [4.69, 9.17) is 0 Å². The fourth-order valence-corrected chi connectivity index (χ4v) is 2.82. The van der Waals surface area contributed by atoms with Crippen molar-refractivity contribution in [2.75, 3.05) is 18.4 Å². The van der Waals surface area contributed by atoms with Gasteiger partial charge in [0.05, 0.1) is 11.5 Å². The van der Waals surface area contributed by atoms with E-state index >= 15 is 0 Å². The van der Waals surface area contributed by atoms with Gasteiger partial charge in [0.2, 0.25) is 5.91 Å². The second kappa shape index (κ2) is 6.58. The molecular weight excluding hydrogens is 294 g/mol. The monoisotopic (exact) mass is 311 g/mol. The number of nitrogens with zero attached hydrogens (tertiary/aromatic N) is 2. The highest BCUT2D eigenvalue weighted by molar-refractivity contribution is 5.94. The smallest absolute Gasteiger partial charge is 0.292 e. The van der Waals surface area contributed by atoms with Gasteiger partial charge < -0.3 is 5.32 Å². The van der Waals surface area contributed by atoms with Crippen LogP contribution in [0.15, 0.2) is 48.5 Å². The van der Waals surface area contributed by atoms with Crippen LogP contribution in [0.3, 0.4) is 0 Å². The van der Waals surface area contributed by atoms with Gasteiger partial charge in [-0.3, -0.25) is 19.8 Å². The van der Waals surface area contributed by atoms with Gasteiger partial charge in [0.15, 0.2) is 0 Å². The van der Waals surface area contributed by atoms with Crippen molar-refractivity contribution in [2.45, 2.75) is 13.0 Å². The van der Waals surface area contributed by atoms with Crippen molar-refractivity contribution >= 4 is 17.3 Å². The van der Waals surface area contributed by atoms with E-state index in [-0.39, 0.29) is 23.8 Å². The zero-order chi connectivity index (χ0) is 16.2. The molecule has 0 saturated carbocycles. The number of hydrogen-bond donors (Lipinski definition) is 1. The van der Waals surface area contributed by atoms with E-state index in [2.05, 4.69) is 17.4 Å². The van der Waals surface area contributed by atoms with E-state index in [1.54, 1.807) is 18.2 Å². The van der Waals surface area contributed by atoms with Crippen LogP contribution >= 0.6 is 0 Å². The Morgan fingerprint density at radius 3 is 2.61 bits per heavy atom. The molecule has 118 valence electrons. The Labute approximate surface area is 133 Å². The predicted molar refractivity (Wildman–Crippen MR) is 87.1 cm³/mol. The summed E-state index contributed by atoms with van der Waals surface area (Å²) in [4.78, 5) is 24.7. The van der Waals surface area contributed by atoms with Crippen molar-refractivity contribution in [1.29, 1.82) is 0 Å². The molecule has 0 fully saturated rings. The van der Waals surface area contributed by atoms with Crippen LogP contribution in [0.25, 0.3) is 0 Å². The van der Waals surface area contributed by atoms with E-state index in [9.17, 15) is 14.9 Å². The highest BCUT2D eigenvalue weighted by Crippen LogP contribution is 2.23. The molecule has 23 heavy (non-hydrogen) atoms. The number of hydrogen-bond acceptors (Lipinski definition) is 4. The van der Waals surface area contributed by atoms with E-state index in [0.717, 1.165) is 19.5 Å². The van der Waals surface area contributed by atoms with Crippen LogP contribution in [0.4, 0.5) is 11.4 Å². The number of anilines is 1. The molecule has 1 aliphatic rings. The molecule has 0 aliphatic carbocycles. The van der Waals surface area contributed by atoms with E-state index < -0.39 is 4.92 Å². The van der Waals surface area contributed by atoms with Crippen LogP contribution < -0.4 is 5.32 Å². The average molecular weight is 311 g/mol. The molecule has 6 nitrogen and oxygen atoms in total. The third-order valence-electron chi connectivity index (χ3n) is 3.95. The highest BCUT2D eigenvalue weighted by Gasteiger charge is 2.20. The van der Waals surface area contributed by atoms with Gasteiger partial charge in [-0.05, 0) is 23.6 Å². The van der Waals surface area contributed by atoms with Crippen LogP contribution in [0, 0.1) is 10.1 Å². The standard InChI is InChI=1S/C17H17N3O3/c21-17(18-15-7-3-4-8-16(15)20(22)23)12-19-10-9-13-5-1-2-6-14(13)11-19/h1-8H,9-12H2,(H,18,21). The summed E-state index contributed by atoms with van der Waals surface area (Å²) >= 11 is 0. The Morgan fingerprint density at radius 1 is 1.13 bits per heavy atom. The first-order chi connectivity index (χ1) is 11.1. The summed E-state index contributed by atoms with van der Waals surface area (Å²) in [5, 5.41) is 13.6. The number of carbonyl (C=O) groups excluding carboxylic acids is 1. The SMILES string of the molecule is O=C(CN1CCc2ccccc2C1)Nc1ccccc1[N+](=O)[O-]. The molecule has 6 heteroatoms. The van der Waals surface area contributed by atoms with Crippen LogP contribution in [0.1, 0.15) is 11.1 Å². The topological polar surface area (TPSA) is 75.5 Å². The van der Waals surface area contributed by atoms with Gasteiger partial charge in [0.25, 0.3) is 5.69 Å². The van der Waals surface area contributed by atoms with Gasteiger partial charge in [-0.1, -0.05) is 36.4 Å². The van der Waals surface area contributed by atoms with Crippen molar-refractivity contribution in [3.05, 3.63) is 69.8 Å².